The molecule has 0 atom stereocenters. The summed E-state index contributed by atoms with van der Waals surface area (Å²) in [5, 5.41) is 23.9. The van der Waals surface area contributed by atoms with Crippen LogP contribution in [0, 0.1) is 5.41 Å². The molecule has 0 spiro atoms. The van der Waals surface area contributed by atoms with E-state index in [0.717, 1.165) is 5.56 Å². The second-order valence-electron chi connectivity index (χ2n) is 5.26. The zero-order valence-electron chi connectivity index (χ0n) is 13.7. The minimum absolute atomic E-state index is 0.00380. The Morgan fingerprint density at radius 2 is 1.96 bits per heavy atom. The number of carboxylic acids is 1. The molecule has 0 radical (unpaired) electrons. The number of aliphatic carboxylic acids is 1. The Kier molecular flexibility index (Phi) is 7.12. The van der Waals surface area contributed by atoms with Crippen LogP contribution < -0.4 is 10.2 Å². The van der Waals surface area contributed by atoms with Crippen molar-refractivity contribution in [3.63, 3.8) is 0 Å². The van der Waals surface area contributed by atoms with E-state index in [1.54, 1.807) is 18.2 Å². The highest BCUT2D eigenvalue weighted by atomic mass is 16.5. The van der Waals surface area contributed by atoms with Gasteiger partial charge in [-0.25, -0.2) is 0 Å². The van der Waals surface area contributed by atoms with Crippen LogP contribution in [0.5, 0.6) is 5.75 Å². The Morgan fingerprint density at radius 1 is 1.16 bits per heavy atom. The van der Waals surface area contributed by atoms with Crippen LogP contribution in [0.15, 0.2) is 64.9 Å². The first-order valence-corrected chi connectivity index (χ1v) is 7.86. The maximum Gasteiger partial charge on any atom is 0.303 e. The van der Waals surface area contributed by atoms with Gasteiger partial charge in [0.2, 0.25) is 0 Å². The van der Waals surface area contributed by atoms with Crippen LogP contribution in [0.4, 0.5) is 0 Å². The molecule has 0 aliphatic carbocycles. The molecule has 2 rings (SSSR count). The van der Waals surface area contributed by atoms with E-state index in [1.165, 1.54) is 0 Å². The van der Waals surface area contributed by atoms with Crippen LogP contribution >= 0.6 is 0 Å². The van der Waals surface area contributed by atoms with Crippen molar-refractivity contribution >= 4 is 11.8 Å². The number of carbonyl (C=O) groups is 1. The molecule has 0 bridgehead atoms. The SMILES string of the molecule is N=C(/N=N\NCCCC(=O)O)c1cccc(OCc2ccccc2)c1. The van der Waals surface area contributed by atoms with Crippen LogP contribution in [0.2, 0.25) is 0 Å². The van der Waals surface area contributed by atoms with E-state index in [9.17, 15) is 4.79 Å². The normalized spacial score (nSPS) is 10.6. The summed E-state index contributed by atoms with van der Waals surface area (Å²) < 4.78 is 5.72. The number of ether oxygens (including phenoxy) is 1. The van der Waals surface area contributed by atoms with Gasteiger partial charge in [-0.15, -0.1) is 5.11 Å². The average Bonchev–Trinajstić information content (AvgIpc) is 2.63. The van der Waals surface area contributed by atoms with Crippen LogP contribution in [0.1, 0.15) is 24.0 Å². The molecule has 0 fully saturated rings. The first-order chi connectivity index (χ1) is 12.1. The largest absolute Gasteiger partial charge is 0.489 e. The monoisotopic (exact) mass is 340 g/mol. The van der Waals surface area contributed by atoms with Crippen molar-refractivity contribution in [1.82, 2.24) is 5.43 Å². The van der Waals surface area contributed by atoms with Crippen molar-refractivity contribution in [2.75, 3.05) is 6.54 Å². The maximum absolute atomic E-state index is 10.4. The Labute approximate surface area is 145 Å². The van der Waals surface area contributed by atoms with Crippen LogP contribution in [-0.2, 0) is 11.4 Å². The number of hydrogen-bond donors (Lipinski definition) is 3. The van der Waals surface area contributed by atoms with Gasteiger partial charge in [0.15, 0.2) is 5.84 Å². The fraction of sp³-hybridized carbons (Fsp3) is 0.222. The molecule has 2 aromatic carbocycles. The van der Waals surface area contributed by atoms with Gasteiger partial charge in [0.1, 0.15) is 12.4 Å². The summed E-state index contributed by atoms with van der Waals surface area (Å²) in [5.41, 5.74) is 4.27. The number of nitrogens with one attached hydrogen (secondary N) is 2. The summed E-state index contributed by atoms with van der Waals surface area (Å²) in [7, 11) is 0. The fourth-order valence-corrected chi connectivity index (χ4v) is 1.99. The second-order valence-corrected chi connectivity index (χ2v) is 5.26. The smallest absolute Gasteiger partial charge is 0.303 e. The lowest BCUT2D eigenvalue weighted by molar-refractivity contribution is -0.137. The molecule has 0 unspecified atom stereocenters. The second kappa shape index (κ2) is 9.82. The minimum Gasteiger partial charge on any atom is -0.489 e. The number of nitrogens with zero attached hydrogens (tertiary/aromatic N) is 2. The summed E-state index contributed by atoms with van der Waals surface area (Å²) >= 11 is 0. The first-order valence-electron chi connectivity index (χ1n) is 7.86. The van der Waals surface area contributed by atoms with Crippen molar-refractivity contribution in [2.24, 2.45) is 10.3 Å². The van der Waals surface area contributed by atoms with Crippen molar-refractivity contribution in [3.05, 3.63) is 65.7 Å². The molecule has 0 aliphatic rings. The van der Waals surface area contributed by atoms with Gasteiger partial charge in [0.05, 0.1) is 0 Å². The highest BCUT2D eigenvalue weighted by Crippen LogP contribution is 2.16. The quantitative estimate of drug-likeness (QED) is 0.214. The molecular formula is C18H20N4O3. The summed E-state index contributed by atoms with van der Waals surface area (Å²) in [5.74, 6) is -0.203. The Hall–Kier alpha value is -3.22. The number of benzene rings is 2. The molecule has 3 N–H and O–H groups in total. The lowest BCUT2D eigenvalue weighted by Crippen LogP contribution is -2.09. The molecule has 0 heterocycles. The van der Waals surface area contributed by atoms with E-state index in [1.807, 2.05) is 36.4 Å². The van der Waals surface area contributed by atoms with Crippen molar-refractivity contribution in [2.45, 2.75) is 19.4 Å². The molecule has 0 saturated carbocycles. The predicted molar refractivity (Wildman–Crippen MR) is 93.8 cm³/mol. The van der Waals surface area contributed by atoms with E-state index in [0.29, 0.717) is 30.9 Å². The van der Waals surface area contributed by atoms with Gasteiger partial charge in [-0.2, -0.15) is 0 Å². The Morgan fingerprint density at radius 3 is 2.72 bits per heavy atom. The molecule has 25 heavy (non-hydrogen) atoms. The van der Waals surface area contributed by atoms with Gasteiger partial charge in [-0.05, 0) is 24.1 Å². The van der Waals surface area contributed by atoms with Gasteiger partial charge in [-0.1, -0.05) is 47.7 Å². The van der Waals surface area contributed by atoms with Gasteiger partial charge in [-0.3, -0.25) is 15.6 Å². The predicted octanol–water partition coefficient (Wildman–Crippen LogP) is 3.41. The molecule has 7 heteroatoms. The molecule has 0 aliphatic heterocycles. The van der Waals surface area contributed by atoms with E-state index in [2.05, 4.69) is 15.8 Å². The Bertz CT molecular complexity index is 732. The van der Waals surface area contributed by atoms with Gasteiger partial charge in [0, 0.05) is 18.5 Å². The number of hydrogen-bond acceptors (Lipinski definition) is 4. The average molecular weight is 340 g/mol. The van der Waals surface area contributed by atoms with Gasteiger partial charge < -0.3 is 9.84 Å². The highest BCUT2D eigenvalue weighted by Gasteiger charge is 2.03. The molecule has 0 amide bonds. The zero-order valence-corrected chi connectivity index (χ0v) is 13.7. The molecule has 0 aromatic heterocycles. The van der Waals surface area contributed by atoms with E-state index < -0.39 is 5.97 Å². The van der Waals surface area contributed by atoms with Crippen molar-refractivity contribution in [1.29, 1.82) is 5.41 Å². The molecule has 0 saturated heterocycles. The molecule has 7 nitrogen and oxygen atoms in total. The summed E-state index contributed by atoms with van der Waals surface area (Å²) in [6.07, 6.45) is 0.519. The Balaban J connectivity index is 1.83. The lowest BCUT2D eigenvalue weighted by atomic mass is 10.2. The van der Waals surface area contributed by atoms with Crippen LogP contribution in [0.3, 0.4) is 0 Å². The lowest BCUT2D eigenvalue weighted by Gasteiger charge is -2.07. The summed E-state index contributed by atoms with van der Waals surface area (Å²) in [6, 6.07) is 16.9. The number of carboxylic acid groups (broad SMARTS) is 1. The van der Waals surface area contributed by atoms with Crippen molar-refractivity contribution < 1.29 is 14.6 Å². The van der Waals surface area contributed by atoms with E-state index in [-0.39, 0.29) is 12.3 Å². The molecule has 130 valence electrons. The third kappa shape index (κ3) is 6.82. The maximum atomic E-state index is 10.4. The standard InChI is InChI=1S/C18H20N4O3/c19-18(21-22-20-11-5-10-17(23)24)15-8-4-9-16(12-15)25-13-14-6-2-1-3-7-14/h1-4,6-9,12H,5,10-11,13H2,(H,23,24)(H2,19,20,21). The molecule has 2 aromatic rings. The minimum atomic E-state index is -0.848. The van der Waals surface area contributed by atoms with Gasteiger partial charge in [0.25, 0.3) is 0 Å². The zero-order chi connectivity index (χ0) is 17.9. The van der Waals surface area contributed by atoms with Crippen LogP contribution in [-0.4, -0.2) is 23.5 Å². The van der Waals surface area contributed by atoms with E-state index >= 15 is 0 Å². The van der Waals surface area contributed by atoms with Crippen LogP contribution in [0.25, 0.3) is 0 Å². The first kappa shape index (κ1) is 18.1. The van der Waals surface area contributed by atoms with Gasteiger partial charge >= 0.3 is 5.97 Å². The summed E-state index contributed by atoms with van der Waals surface area (Å²) in [6.45, 7) is 0.841. The highest BCUT2D eigenvalue weighted by molar-refractivity contribution is 5.96. The fourth-order valence-electron chi connectivity index (χ4n) is 1.99. The topological polar surface area (TPSA) is 107 Å². The van der Waals surface area contributed by atoms with E-state index in [4.69, 9.17) is 15.3 Å². The number of amidine groups is 1. The third-order valence-corrected chi connectivity index (χ3v) is 3.26. The summed E-state index contributed by atoms with van der Waals surface area (Å²) in [4.78, 5) is 10.4. The third-order valence-electron chi connectivity index (χ3n) is 3.26. The van der Waals surface area contributed by atoms with Crippen molar-refractivity contribution in [3.8, 4) is 5.75 Å². The molecular weight excluding hydrogens is 320 g/mol. The number of rotatable bonds is 9.